The maximum Gasteiger partial charge on any atom is 0.326 e. The number of nitrogens with one attached hydrogen (secondary N) is 2. The minimum atomic E-state index is -1.33. The molecule has 0 unspecified atom stereocenters. The fourth-order valence-electron chi connectivity index (χ4n) is 2.76. The highest BCUT2D eigenvalue weighted by Crippen LogP contribution is 2.25. The summed E-state index contributed by atoms with van der Waals surface area (Å²) < 4.78 is 13.4. The van der Waals surface area contributed by atoms with Gasteiger partial charge in [-0.25, -0.2) is 9.18 Å². The minimum absolute atomic E-state index is 0.0115. The molecule has 9 heteroatoms. The van der Waals surface area contributed by atoms with E-state index in [2.05, 4.69) is 10.6 Å². The summed E-state index contributed by atoms with van der Waals surface area (Å²) in [5.41, 5.74) is 0.852. The molecule has 0 saturated carbocycles. The molecule has 0 radical (unpaired) electrons. The summed E-state index contributed by atoms with van der Waals surface area (Å²) in [7, 11) is 0. The molecule has 0 bridgehead atoms. The lowest BCUT2D eigenvalue weighted by atomic mass is 10.0. The molecule has 6 nitrogen and oxygen atoms in total. The molecule has 29 heavy (non-hydrogen) atoms. The van der Waals surface area contributed by atoms with Gasteiger partial charge in [-0.2, -0.15) is 0 Å². The maximum atomic E-state index is 13.4. The Morgan fingerprint density at radius 3 is 2.17 bits per heavy atom. The first-order chi connectivity index (χ1) is 13.7. The van der Waals surface area contributed by atoms with Crippen molar-refractivity contribution in [3.63, 3.8) is 0 Å². The predicted octanol–water partition coefficient (Wildman–Crippen LogP) is 2.99. The summed E-state index contributed by atoms with van der Waals surface area (Å²) in [4.78, 5) is 35.9. The number of carboxylic acids is 1. The Labute approximate surface area is 177 Å². The molecule has 0 fully saturated rings. The zero-order valence-corrected chi connectivity index (χ0v) is 16.9. The van der Waals surface area contributed by atoms with Crippen LogP contribution in [0, 0.1) is 5.82 Å². The molecule has 3 N–H and O–H groups in total. The summed E-state index contributed by atoms with van der Waals surface area (Å²) in [5.74, 6) is -2.98. The van der Waals surface area contributed by atoms with E-state index in [0.29, 0.717) is 11.1 Å². The van der Waals surface area contributed by atoms with E-state index >= 15 is 0 Å². The van der Waals surface area contributed by atoms with E-state index in [0.717, 1.165) is 0 Å². The van der Waals surface area contributed by atoms with Gasteiger partial charge in [0.15, 0.2) is 0 Å². The average molecular weight is 441 g/mol. The molecular formula is C20H19Cl2FN2O4. The second-order valence-corrected chi connectivity index (χ2v) is 7.21. The van der Waals surface area contributed by atoms with Crippen molar-refractivity contribution in [1.29, 1.82) is 0 Å². The molecule has 0 heterocycles. The van der Waals surface area contributed by atoms with E-state index in [-0.39, 0.29) is 22.9 Å². The van der Waals surface area contributed by atoms with Crippen LogP contribution in [-0.2, 0) is 27.2 Å². The maximum absolute atomic E-state index is 13.4. The number of carbonyl (C=O) groups excluding carboxylic acids is 2. The average Bonchev–Trinajstić information content (AvgIpc) is 2.62. The van der Waals surface area contributed by atoms with Crippen LogP contribution in [0.15, 0.2) is 42.5 Å². The third-order valence-electron chi connectivity index (χ3n) is 4.11. The van der Waals surface area contributed by atoms with Crippen molar-refractivity contribution in [2.24, 2.45) is 0 Å². The molecular weight excluding hydrogens is 422 g/mol. The molecule has 2 aromatic rings. The highest BCUT2D eigenvalue weighted by Gasteiger charge is 2.27. The largest absolute Gasteiger partial charge is 0.480 e. The number of carboxylic acid groups (broad SMARTS) is 1. The van der Waals surface area contributed by atoms with Crippen molar-refractivity contribution in [2.45, 2.75) is 31.8 Å². The first kappa shape index (κ1) is 22.6. The van der Waals surface area contributed by atoms with Crippen molar-refractivity contribution in [3.8, 4) is 0 Å². The van der Waals surface area contributed by atoms with Crippen molar-refractivity contribution >= 4 is 41.0 Å². The normalized spacial score (nSPS) is 12.7. The van der Waals surface area contributed by atoms with Crippen LogP contribution in [0.5, 0.6) is 0 Å². The Bertz CT molecular complexity index is 903. The summed E-state index contributed by atoms with van der Waals surface area (Å²) in [6.07, 6.45) is -0.158. The van der Waals surface area contributed by atoms with Gasteiger partial charge >= 0.3 is 5.97 Å². The van der Waals surface area contributed by atoms with Gasteiger partial charge in [0.25, 0.3) is 0 Å². The van der Waals surface area contributed by atoms with Crippen LogP contribution in [0.1, 0.15) is 18.1 Å². The molecule has 0 aromatic heterocycles. The molecule has 2 aromatic carbocycles. The van der Waals surface area contributed by atoms with E-state index in [9.17, 15) is 23.9 Å². The molecule has 0 saturated heterocycles. The van der Waals surface area contributed by atoms with Crippen LogP contribution in [-0.4, -0.2) is 35.0 Å². The van der Waals surface area contributed by atoms with Crippen molar-refractivity contribution < 1.29 is 23.9 Å². The van der Waals surface area contributed by atoms with Crippen molar-refractivity contribution in [2.75, 3.05) is 0 Å². The minimum Gasteiger partial charge on any atom is -0.480 e. The second kappa shape index (κ2) is 10.2. The van der Waals surface area contributed by atoms with Gasteiger partial charge in [0, 0.05) is 29.8 Å². The van der Waals surface area contributed by atoms with Gasteiger partial charge in [-0.3, -0.25) is 9.59 Å². The summed E-state index contributed by atoms with van der Waals surface area (Å²) in [5, 5.41) is 14.9. The predicted molar refractivity (Wildman–Crippen MR) is 107 cm³/mol. The Morgan fingerprint density at radius 2 is 1.62 bits per heavy atom. The number of rotatable bonds is 8. The number of halogens is 3. The Morgan fingerprint density at radius 1 is 1.00 bits per heavy atom. The Hall–Kier alpha value is -2.64. The second-order valence-electron chi connectivity index (χ2n) is 6.39. The van der Waals surface area contributed by atoms with E-state index in [1.165, 1.54) is 25.1 Å². The molecule has 2 amide bonds. The van der Waals surface area contributed by atoms with E-state index in [1.54, 1.807) is 24.3 Å². The Kier molecular flexibility index (Phi) is 7.99. The lowest BCUT2D eigenvalue weighted by Crippen LogP contribution is -2.52. The number of hydrogen-bond acceptors (Lipinski definition) is 3. The summed E-state index contributed by atoms with van der Waals surface area (Å²) >= 11 is 12.2. The Balaban J connectivity index is 2.19. The highest BCUT2D eigenvalue weighted by molar-refractivity contribution is 6.36. The van der Waals surface area contributed by atoms with Crippen LogP contribution in [0.25, 0.3) is 0 Å². The van der Waals surface area contributed by atoms with Gasteiger partial charge in [0.2, 0.25) is 11.8 Å². The third-order valence-corrected chi connectivity index (χ3v) is 4.82. The van der Waals surface area contributed by atoms with Crippen LogP contribution in [0.2, 0.25) is 10.0 Å². The molecule has 0 spiro atoms. The van der Waals surface area contributed by atoms with Gasteiger partial charge in [0.05, 0.1) is 0 Å². The molecule has 154 valence electrons. The van der Waals surface area contributed by atoms with Gasteiger partial charge in [-0.1, -0.05) is 41.4 Å². The van der Waals surface area contributed by atoms with E-state index in [1.807, 2.05) is 0 Å². The van der Waals surface area contributed by atoms with Crippen LogP contribution in [0.3, 0.4) is 0 Å². The number of hydrogen-bond donors (Lipinski definition) is 3. The van der Waals surface area contributed by atoms with Crippen molar-refractivity contribution in [1.82, 2.24) is 10.6 Å². The monoisotopic (exact) mass is 440 g/mol. The zero-order chi connectivity index (χ0) is 21.6. The van der Waals surface area contributed by atoms with E-state index in [4.69, 9.17) is 23.2 Å². The van der Waals surface area contributed by atoms with Gasteiger partial charge in [0.1, 0.15) is 17.9 Å². The molecule has 0 aliphatic heterocycles. The molecule has 0 aliphatic rings. The number of carbonyl (C=O) groups is 3. The number of benzene rings is 2. The SMILES string of the molecule is CC(=O)N[C@@H](Cc1cccc(F)c1)C(=O)N[C@@H](Cc1c(Cl)cccc1Cl)C(=O)O. The lowest BCUT2D eigenvalue weighted by Gasteiger charge is -2.22. The first-order valence-corrected chi connectivity index (χ1v) is 9.40. The summed E-state index contributed by atoms with van der Waals surface area (Å²) in [6, 6.07) is 7.90. The third kappa shape index (κ3) is 6.73. The highest BCUT2D eigenvalue weighted by atomic mass is 35.5. The van der Waals surface area contributed by atoms with Gasteiger partial charge in [-0.15, -0.1) is 0 Å². The molecule has 2 atom stereocenters. The van der Waals surface area contributed by atoms with Crippen molar-refractivity contribution in [3.05, 3.63) is 69.5 Å². The summed E-state index contributed by atoms with van der Waals surface area (Å²) in [6.45, 7) is 1.23. The van der Waals surface area contributed by atoms with Crippen LogP contribution in [0.4, 0.5) is 4.39 Å². The first-order valence-electron chi connectivity index (χ1n) is 8.65. The standard InChI is InChI=1S/C20H19Cl2FN2O4/c1-11(26)24-17(9-12-4-2-5-13(23)8-12)19(27)25-18(20(28)29)10-14-15(21)6-3-7-16(14)22/h2-8,17-18H,9-10H2,1H3,(H,24,26)(H,25,27)(H,28,29)/t17-,18-/m0/s1. The smallest absolute Gasteiger partial charge is 0.326 e. The van der Waals surface area contributed by atoms with Gasteiger partial charge < -0.3 is 15.7 Å². The quantitative estimate of drug-likeness (QED) is 0.587. The topological polar surface area (TPSA) is 95.5 Å². The zero-order valence-electron chi connectivity index (χ0n) is 15.4. The van der Waals surface area contributed by atoms with Crippen LogP contribution < -0.4 is 10.6 Å². The number of aliphatic carboxylic acids is 1. The number of amides is 2. The molecule has 0 aliphatic carbocycles. The fourth-order valence-corrected chi connectivity index (χ4v) is 3.31. The lowest BCUT2D eigenvalue weighted by molar-refractivity contribution is -0.142. The van der Waals surface area contributed by atoms with E-state index < -0.39 is 35.7 Å². The van der Waals surface area contributed by atoms with Crippen LogP contribution >= 0.6 is 23.2 Å². The van der Waals surface area contributed by atoms with Gasteiger partial charge in [-0.05, 0) is 35.4 Å². The fraction of sp³-hybridized carbons (Fsp3) is 0.250. The molecule has 2 rings (SSSR count).